The van der Waals surface area contributed by atoms with Crippen LogP contribution in [0.5, 0.6) is 0 Å². The SMILES string of the molecule is O=C(NCCc1c[nH]c2ccccc12)C(=O)N1CCOCC1. The minimum Gasteiger partial charge on any atom is -0.378 e. The van der Waals surface area contributed by atoms with Crippen molar-refractivity contribution >= 4 is 22.7 Å². The highest BCUT2D eigenvalue weighted by Gasteiger charge is 2.23. The van der Waals surface area contributed by atoms with Crippen LogP contribution in [-0.4, -0.2) is 54.5 Å². The first-order chi connectivity index (χ1) is 10.8. The molecule has 6 nitrogen and oxygen atoms in total. The van der Waals surface area contributed by atoms with Crippen LogP contribution in [0.3, 0.4) is 0 Å². The van der Waals surface area contributed by atoms with Gasteiger partial charge < -0.3 is 19.9 Å². The summed E-state index contributed by atoms with van der Waals surface area (Å²) in [5.74, 6) is -1.01. The van der Waals surface area contributed by atoms with Gasteiger partial charge in [-0.15, -0.1) is 0 Å². The number of fused-ring (bicyclic) bond motifs is 1. The number of benzene rings is 1. The van der Waals surface area contributed by atoms with Crippen molar-refractivity contribution in [1.82, 2.24) is 15.2 Å². The standard InChI is InChI=1S/C16H19N3O3/c20-15(16(21)19-7-9-22-10-8-19)17-6-5-12-11-18-14-4-2-1-3-13(12)14/h1-4,11,18H,5-10H2,(H,17,20). The van der Waals surface area contributed by atoms with E-state index in [2.05, 4.69) is 10.3 Å². The highest BCUT2D eigenvalue weighted by atomic mass is 16.5. The lowest BCUT2D eigenvalue weighted by Crippen LogP contribution is -2.48. The fraction of sp³-hybridized carbons (Fsp3) is 0.375. The van der Waals surface area contributed by atoms with E-state index in [1.165, 1.54) is 4.90 Å². The van der Waals surface area contributed by atoms with E-state index in [1.54, 1.807) is 0 Å². The molecule has 1 aliphatic heterocycles. The molecule has 2 aromatic rings. The number of nitrogens with one attached hydrogen (secondary N) is 2. The topological polar surface area (TPSA) is 74.4 Å². The maximum Gasteiger partial charge on any atom is 0.312 e. The van der Waals surface area contributed by atoms with E-state index in [0.29, 0.717) is 39.3 Å². The summed E-state index contributed by atoms with van der Waals surface area (Å²) in [7, 11) is 0. The minimum absolute atomic E-state index is 0.441. The summed E-state index contributed by atoms with van der Waals surface area (Å²) < 4.78 is 5.17. The van der Waals surface area contributed by atoms with Crippen LogP contribution in [0.2, 0.25) is 0 Å². The highest BCUT2D eigenvalue weighted by Crippen LogP contribution is 2.17. The van der Waals surface area contributed by atoms with Gasteiger partial charge in [-0.3, -0.25) is 9.59 Å². The molecule has 6 heteroatoms. The lowest BCUT2D eigenvalue weighted by molar-refractivity contribution is -0.148. The third-order valence-electron chi connectivity index (χ3n) is 3.85. The predicted molar refractivity (Wildman–Crippen MR) is 82.4 cm³/mol. The molecule has 2 N–H and O–H groups in total. The molecule has 0 aliphatic carbocycles. The highest BCUT2D eigenvalue weighted by molar-refractivity contribution is 6.35. The molecule has 0 radical (unpaired) electrons. The maximum atomic E-state index is 12.0. The van der Waals surface area contributed by atoms with Gasteiger partial charge in [0, 0.05) is 36.7 Å². The zero-order valence-electron chi connectivity index (χ0n) is 12.3. The van der Waals surface area contributed by atoms with Crippen molar-refractivity contribution in [3.05, 3.63) is 36.0 Å². The molecule has 1 aliphatic rings. The number of carbonyl (C=O) groups excluding carboxylic acids is 2. The summed E-state index contributed by atoms with van der Waals surface area (Å²) in [5.41, 5.74) is 2.21. The second-order valence-corrected chi connectivity index (χ2v) is 5.27. The van der Waals surface area contributed by atoms with Crippen molar-refractivity contribution in [1.29, 1.82) is 0 Å². The number of amides is 2. The Morgan fingerprint density at radius 3 is 2.82 bits per heavy atom. The lowest BCUT2D eigenvalue weighted by Gasteiger charge is -2.26. The minimum atomic E-state index is -0.540. The Balaban J connectivity index is 1.52. The van der Waals surface area contributed by atoms with E-state index < -0.39 is 11.8 Å². The van der Waals surface area contributed by atoms with Crippen LogP contribution < -0.4 is 5.32 Å². The summed E-state index contributed by atoms with van der Waals surface area (Å²) in [6.45, 7) is 2.39. The van der Waals surface area contributed by atoms with E-state index in [1.807, 2.05) is 30.5 Å². The molecule has 3 rings (SSSR count). The van der Waals surface area contributed by atoms with Gasteiger partial charge in [0.05, 0.1) is 13.2 Å². The average Bonchev–Trinajstić information content (AvgIpc) is 2.98. The van der Waals surface area contributed by atoms with Crippen LogP contribution in [0.1, 0.15) is 5.56 Å². The monoisotopic (exact) mass is 301 g/mol. The zero-order chi connectivity index (χ0) is 15.4. The molecular formula is C16H19N3O3. The Labute approximate surface area is 128 Å². The van der Waals surface area contributed by atoms with E-state index in [9.17, 15) is 9.59 Å². The molecule has 1 aromatic heterocycles. The molecule has 1 fully saturated rings. The fourth-order valence-corrected chi connectivity index (χ4v) is 2.63. The number of aromatic amines is 1. The number of ether oxygens (including phenoxy) is 1. The fourth-order valence-electron chi connectivity index (χ4n) is 2.63. The number of rotatable bonds is 3. The quantitative estimate of drug-likeness (QED) is 0.819. The second kappa shape index (κ2) is 6.62. The smallest absolute Gasteiger partial charge is 0.312 e. The Morgan fingerprint density at radius 1 is 1.23 bits per heavy atom. The van der Waals surface area contributed by atoms with Crippen molar-refractivity contribution in [2.24, 2.45) is 0 Å². The van der Waals surface area contributed by atoms with Gasteiger partial charge in [0.2, 0.25) is 0 Å². The van der Waals surface area contributed by atoms with Crippen molar-refractivity contribution in [3.8, 4) is 0 Å². The Morgan fingerprint density at radius 2 is 2.00 bits per heavy atom. The molecule has 22 heavy (non-hydrogen) atoms. The number of H-pyrrole nitrogens is 1. The summed E-state index contributed by atoms with van der Waals surface area (Å²) in [4.78, 5) is 28.6. The van der Waals surface area contributed by atoms with Crippen LogP contribution in [0.15, 0.2) is 30.5 Å². The van der Waals surface area contributed by atoms with Gasteiger partial charge in [-0.1, -0.05) is 18.2 Å². The Hall–Kier alpha value is -2.34. The maximum absolute atomic E-state index is 12.0. The molecule has 0 spiro atoms. The van der Waals surface area contributed by atoms with E-state index in [4.69, 9.17) is 4.74 Å². The number of nitrogens with zero attached hydrogens (tertiary/aromatic N) is 1. The van der Waals surface area contributed by atoms with Crippen molar-refractivity contribution in [3.63, 3.8) is 0 Å². The van der Waals surface area contributed by atoms with Crippen molar-refractivity contribution < 1.29 is 14.3 Å². The van der Waals surface area contributed by atoms with Gasteiger partial charge in [-0.2, -0.15) is 0 Å². The number of hydrogen-bond acceptors (Lipinski definition) is 3. The van der Waals surface area contributed by atoms with Gasteiger partial charge in [0.25, 0.3) is 0 Å². The Bertz CT molecular complexity index is 674. The van der Waals surface area contributed by atoms with Crippen LogP contribution in [0.25, 0.3) is 10.9 Å². The van der Waals surface area contributed by atoms with Gasteiger partial charge in [0.1, 0.15) is 0 Å². The van der Waals surface area contributed by atoms with Crippen LogP contribution >= 0.6 is 0 Å². The molecule has 2 heterocycles. The van der Waals surface area contributed by atoms with E-state index in [-0.39, 0.29) is 0 Å². The largest absolute Gasteiger partial charge is 0.378 e. The molecule has 0 saturated carbocycles. The van der Waals surface area contributed by atoms with Crippen LogP contribution in [0, 0.1) is 0 Å². The summed E-state index contributed by atoms with van der Waals surface area (Å²) in [6.07, 6.45) is 2.63. The number of para-hydroxylation sites is 1. The second-order valence-electron chi connectivity index (χ2n) is 5.27. The molecular weight excluding hydrogens is 282 g/mol. The first kappa shape index (κ1) is 14.6. The molecule has 0 atom stereocenters. The van der Waals surface area contributed by atoms with Gasteiger partial charge in [-0.25, -0.2) is 0 Å². The normalized spacial score (nSPS) is 15.0. The molecule has 2 amide bonds. The molecule has 0 bridgehead atoms. The van der Waals surface area contributed by atoms with Crippen LogP contribution in [0.4, 0.5) is 0 Å². The first-order valence-electron chi connectivity index (χ1n) is 7.45. The third-order valence-corrected chi connectivity index (χ3v) is 3.85. The molecule has 116 valence electrons. The summed E-state index contributed by atoms with van der Waals surface area (Å²) >= 11 is 0. The number of morpholine rings is 1. The summed E-state index contributed by atoms with van der Waals surface area (Å²) in [5, 5.41) is 3.85. The van der Waals surface area contributed by atoms with Crippen molar-refractivity contribution in [2.45, 2.75) is 6.42 Å². The number of carbonyl (C=O) groups is 2. The summed E-state index contributed by atoms with van der Waals surface area (Å²) in [6, 6.07) is 8.02. The number of aromatic nitrogens is 1. The first-order valence-corrected chi connectivity index (χ1v) is 7.45. The van der Waals surface area contributed by atoms with Gasteiger partial charge >= 0.3 is 11.8 Å². The lowest BCUT2D eigenvalue weighted by atomic mass is 10.1. The Kier molecular flexibility index (Phi) is 4.39. The molecule has 0 unspecified atom stereocenters. The van der Waals surface area contributed by atoms with Crippen molar-refractivity contribution in [2.75, 3.05) is 32.8 Å². The van der Waals surface area contributed by atoms with Crippen LogP contribution in [-0.2, 0) is 20.7 Å². The third kappa shape index (κ3) is 3.12. The predicted octanol–water partition coefficient (Wildman–Crippen LogP) is 0.685. The molecule has 1 saturated heterocycles. The van der Waals surface area contributed by atoms with E-state index >= 15 is 0 Å². The zero-order valence-corrected chi connectivity index (χ0v) is 12.3. The average molecular weight is 301 g/mol. The van der Waals surface area contributed by atoms with Gasteiger partial charge in [0.15, 0.2) is 0 Å². The van der Waals surface area contributed by atoms with E-state index in [0.717, 1.165) is 16.5 Å². The van der Waals surface area contributed by atoms with Gasteiger partial charge in [-0.05, 0) is 18.1 Å². The molecule has 1 aromatic carbocycles. The number of hydrogen-bond donors (Lipinski definition) is 2.